The van der Waals surface area contributed by atoms with Crippen LogP contribution in [0.5, 0.6) is 0 Å². The summed E-state index contributed by atoms with van der Waals surface area (Å²) in [6.45, 7) is 2.32. The first-order chi connectivity index (χ1) is 16.5. The van der Waals surface area contributed by atoms with Gasteiger partial charge in [-0.1, -0.05) is 95.4 Å². The molecular weight excluding hydrogens is 457 g/mol. The van der Waals surface area contributed by atoms with Crippen LogP contribution >= 0.6 is 7.60 Å². The molecule has 0 radical (unpaired) electrons. The Kier molecular flexibility index (Phi) is 20.3. The van der Waals surface area contributed by atoms with Gasteiger partial charge in [0.25, 0.3) is 0 Å². The molecule has 1 atom stereocenters. The molecule has 3 N–H and O–H groups in total. The number of rotatable bonds is 24. The zero-order valence-electron chi connectivity index (χ0n) is 23.6. The predicted octanol–water partition coefficient (Wildman–Crippen LogP) is 8.10. The van der Waals surface area contributed by atoms with Crippen molar-refractivity contribution < 1.29 is 23.9 Å². The Morgan fingerprint density at radius 2 is 1.00 bits per heavy atom. The number of allylic oxidation sites excluding steroid dienone is 4. The molecule has 0 aliphatic carbocycles. The van der Waals surface area contributed by atoms with Gasteiger partial charge in [-0.2, -0.15) is 0 Å². The lowest BCUT2D eigenvalue weighted by molar-refractivity contribution is -0.875. The van der Waals surface area contributed by atoms with Crippen molar-refractivity contribution in [2.45, 2.75) is 134 Å². The van der Waals surface area contributed by atoms with Crippen LogP contribution in [0.25, 0.3) is 0 Å². The Morgan fingerprint density at radius 1 is 0.629 bits per heavy atom. The maximum atomic E-state index is 11.8. The minimum Gasteiger partial charge on any atom is -0.373 e. The van der Waals surface area contributed by atoms with E-state index in [1.165, 1.54) is 70.6 Å². The van der Waals surface area contributed by atoms with Crippen LogP contribution in [0.1, 0.15) is 129 Å². The Balaban J connectivity index is 3.61. The summed E-state index contributed by atoms with van der Waals surface area (Å²) >= 11 is 0. The van der Waals surface area contributed by atoms with Gasteiger partial charge in [-0.05, 0) is 57.8 Å². The molecule has 0 aliphatic heterocycles. The number of quaternary nitrogens is 1. The maximum absolute atomic E-state index is 11.8. The van der Waals surface area contributed by atoms with Crippen molar-refractivity contribution >= 4 is 7.60 Å². The molecule has 0 aromatic heterocycles. The standard InChI is InChI=1S/C29H58NO4P/c1-5-6-7-8-9-10-11-12-13-14-15-16-17-18-19-20-21-22-23-24-25-26-27-29(31,35(32,33)34)28-30(2,3)4/h14-15,19-20,31H,5-13,16-18,21-28H2,1-4H3,(H-,32,33,34)/p+1/b15-14-,20-19-. The molecule has 208 valence electrons. The molecule has 0 amide bonds. The molecule has 0 aliphatic rings. The van der Waals surface area contributed by atoms with Crippen LogP contribution in [-0.4, -0.2) is 52.4 Å². The van der Waals surface area contributed by atoms with Crippen LogP contribution in [0.15, 0.2) is 24.3 Å². The Bertz CT molecular complexity index is 594. The minimum absolute atomic E-state index is 0.0527. The van der Waals surface area contributed by atoms with Gasteiger partial charge < -0.3 is 19.4 Å². The number of hydrogen-bond acceptors (Lipinski definition) is 2. The molecule has 0 saturated heterocycles. The average Bonchev–Trinajstić information content (AvgIpc) is 2.75. The second-order valence-electron chi connectivity index (χ2n) is 11.4. The van der Waals surface area contributed by atoms with Crippen molar-refractivity contribution in [3.63, 3.8) is 0 Å². The molecule has 0 spiro atoms. The van der Waals surface area contributed by atoms with E-state index in [0.717, 1.165) is 38.5 Å². The summed E-state index contributed by atoms with van der Waals surface area (Å²) in [4.78, 5) is 19.2. The van der Waals surface area contributed by atoms with Crippen molar-refractivity contribution in [3.05, 3.63) is 24.3 Å². The van der Waals surface area contributed by atoms with Crippen molar-refractivity contribution in [1.82, 2.24) is 0 Å². The fraction of sp³-hybridized carbons (Fsp3) is 0.862. The molecule has 0 fully saturated rings. The van der Waals surface area contributed by atoms with Gasteiger partial charge in [0.05, 0.1) is 21.1 Å². The number of hydrogen-bond donors (Lipinski definition) is 3. The third-order valence-electron chi connectivity index (χ3n) is 6.52. The monoisotopic (exact) mass is 516 g/mol. The van der Waals surface area contributed by atoms with E-state index < -0.39 is 12.9 Å². The van der Waals surface area contributed by atoms with E-state index in [-0.39, 0.29) is 13.0 Å². The van der Waals surface area contributed by atoms with Crippen molar-refractivity contribution in [3.8, 4) is 0 Å². The van der Waals surface area contributed by atoms with Gasteiger partial charge in [-0.3, -0.25) is 4.57 Å². The number of unbranched alkanes of at least 4 members (excludes halogenated alkanes) is 15. The first-order valence-electron chi connectivity index (χ1n) is 14.4. The highest BCUT2D eigenvalue weighted by Gasteiger charge is 2.48. The highest BCUT2D eigenvalue weighted by atomic mass is 31.2. The molecule has 1 unspecified atom stereocenters. The molecular formula is C29H59NO4P+. The summed E-state index contributed by atoms with van der Waals surface area (Å²) in [5.41, 5.74) is 0. The van der Waals surface area contributed by atoms with Gasteiger partial charge >= 0.3 is 7.60 Å². The highest BCUT2D eigenvalue weighted by molar-refractivity contribution is 7.53. The zero-order valence-corrected chi connectivity index (χ0v) is 24.5. The summed E-state index contributed by atoms with van der Waals surface area (Å²) in [5, 5.41) is 8.64. The first kappa shape index (κ1) is 34.6. The van der Waals surface area contributed by atoms with E-state index in [4.69, 9.17) is 0 Å². The van der Waals surface area contributed by atoms with Crippen LogP contribution in [0.2, 0.25) is 0 Å². The van der Waals surface area contributed by atoms with Gasteiger partial charge in [-0.15, -0.1) is 0 Å². The van der Waals surface area contributed by atoms with E-state index in [0.29, 0.717) is 10.9 Å². The molecule has 6 heteroatoms. The fourth-order valence-electron chi connectivity index (χ4n) is 4.50. The normalized spacial score (nSPS) is 14.8. The first-order valence-corrected chi connectivity index (χ1v) is 16.0. The van der Waals surface area contributed by atoms with Crippen molar-refractivity contribution in [2.75, 3.05) is 27.7 Å². The van der Waals surface area contributed by atoms with Crippen LogP contribution in [0.4, 0.5) is 0 Å². The lowest BCUT2D eigenvalue weighted by Crippen LogP contribution is -2.49. The molecule has 0 rings (SSSR count). The molecule has 35 heavy (non-hydrogen) atoms. The van der Waals surface area contributed by atoms with Crippen LogP contribution in [0, 0.1) is 0 Å². The second kappa shape index (κ2) is 20.6. The summed E-state index contributed by atoms with van der Waals surface area (Å²) < 4.78 is 12.1. The van der Waals surface area contributed by atoms with Gasteiger partial charge in [0, 0.05) is 0 Å². The second-order valence-corrected chi connectivity index (χ2v) is 13.3. The quantitative estimate of drug-likeness (QED) is 0.0524. The van der Waals surface area contributed by atoms with Crippen LogP contribution in [-0.2, 0) is 4.57 Å². The highest BCUT2D eigenvalue weighted by Crippen LogP contribution is 2.52. The fourth-order valence-corrected chi connectivity index (χ4v) is 5.56. The molecule has 0 saturated carbocycles. The summed E-state index contributed by atoms with van der Waals surface area (Å²) in [5.74, 6) is 0. The summed E-state index contributed by atoms with van der Waals surface area (Å²) in [6.07, 6.45) is 31.3. The lowest BCUT2D eigenvalue weighted by Gasteiger charge is -2.35. The van der Waals surface area contributed by atoms with Gasteiger partial charge in [0.2, 0.25) is 5.34 Å². The Morgan fingerprint density at radius 3 is 1.40 bits per heavy atom. The van der Waals surface area contributed by atoms with Crippen LogP contribution < -0.4 is 0 Å². The third kappa shape index (κ3) is 21.4. The topological polar surface area (TPSA) is 77.8 Å². The van der Waals surface area contributed by atoms with Gasteiger partial charge in [0.15, 0.2) is 0 Å². The van der Waals surface area contributed by atoms with E-state index in [1.54, 1.807) is 0 Å². The Labute approximate surface area is 217 Å². The third-order valence-corrected chi connectivity index (χ3v) is 7.97. The smallest absolute Gasteiger partial charge is 0.362 e. The number of nitrogens with zero attached hydrogens (tertiary/aromatic N) is 1. The van der Waals surface area contributed by atoms with Crippen molar-refractivity contribution in [2.24, 2.45) is 0 Å². The van der Waals surface area contributed by atoms with Crippen molar-refractivity contribution in [1.29, 1.82) is 0 Å². The SMILES string of the molecule is CCCCCCCCCC/C=C\CCC/C=C\CCCCCCCC(O)(C[N+](C)(C)C)P(=O)(O)O. The Hall–Kier alpha value is -0.450. The number of aliphatic hydroxyl groups is 1. The molecule has 0 heterocycles. The maximum Gasteiger partial charge on any atom is 0.362 e. The van der Waals surface area contributed by atoms with Crippen LogP contribution in [0.3, 0.4) is 0 Å². The largest absolute Gasteiger partial charge is 0.373 e. The lowest BCUT2D eigenvalue weighted by atomic mass is 10.1. The van der Waals surface area contributed by atoms with E-state index in [1.807, 2.05) is 21.1 Å². The molecule has 5 nitrogen and oxygen atoms in total. The predicted molar refractivity (Wildman–Crippen MR) is 152 cm³/mol. The molecule has 0 bridgehead atoms. The summed E-state index contributed by atoms with van der Waals surface area (Å²) in [6, 6.07) is 0. The molecule has 0 aromatic carbocycles. The van der Waals surface area contributed by atoms with Gasteiger partial charge in [-0.25, -0.2) is 0 Å². The van der Waals surface area contributed by atoms with E-state index in [9.17, 15) is 19.5 Å². The zero-order chi connectivity index (χ0) is 26.5. The van der Waals surface area contributed by atoms with Gasteiger partial charge in [0.1, 0.15) is 6.54 Å². The minimum atomic E-state index is -4.55. The van der Waals surface area contributed by atoms with E-state index >= 15 is 0 Å². The average molecular weight is 517 g/mol. The molecule has 0 aromatic rings. The summed E-state index contributed by atoms with van der Waals surface area (Å²) in [7, 11) is 0.956. The number of likely N-dealkylation sites (N-methyl/N-ethyl adjacent to an activating group) is 1. The van der Waals surface area contributed by atoms with E-state index in [2.05, 4.69) is 31.2 Å².